The zero-order valence-electron chi connectivity index (χ0n) is 14.3. The molecule has 0 radical (unpaired) electrons. The van der Waals surface area contributed by atoms with Gasteiger partial charge in [-0.15, -0.1) is 11.3 Å². The van der Waals surface area contributed by atoms with E-state index >= 15 is 0 Å². The molecule has 0 saturated carbocycles. The van der Waals surface area contributed by atoms with Crippen LogP contribution in [0.5, 0.6) is 0 Å². The number of nitrogens with zero attached hydrogens (tertiary/aromatic N) is 4. The number of nitrogens with one attached hydrogen (secondary N) is 1. The van der Waals surface area contributed by atoms with Crippen molar-refractivity contribution in [3.63, 3.8) is 0 Å². The van der Waals surface area contributed by atoms with Gasteiger partial charge in [0.05, 0.1) is 0 Å². The maximum absolute atomic E-state index is 12.4. The van der Waals surface area contributed by atoms with Crippen LogP contribution in [0, 0.1) is 0 Å². The average Bonchev–Trinajstić information content (AvgIpc) is 3.20. The molecule has 2 aromatic heterocycles. The standard InChI is InChI=1S/C19H19N5OS/c25-18(16-13-26-19(23-16)17-20-9-4-10-21-17)22-14-5-7-15(8-6-14)24-11-2-1-3-12-24/h4-10,13H,1-3,11-12H2,(H,22,25). The first kappa shape index (κ1) is 16.7. The van der Waals surface area contributed by atoms with E-state index in [-0.39, 0.29) is 5.91 Å². The second-order valence-corrected chi connectivity index (χ2v) is 7.02. The number of thiazole rings is 1. The highest BCUT2D eigenvalue weighted by atomic mass is 32.1. The van der Waals surface area contributed by atoms with Crippen LogP contribution in [0.2, 0.25) is 0 Å². The van der Waals surface area contributed by atoms with Gasteiger partial charge in [0, 0.05) is 42.2 Å². The van der Waals surface area contributed by atoms with Gasteiger partial charge in [0.15, 0.2) is 10.8 Å². The average molecular weight is 365 g/mol. The Morgan fingerprint density at radius 3 is 2.50 bits per heavy atom. The highest BCUT2D eigenvalue weighted by Crippen LogP contribution is 2.23. The molecule has 6 nitrogen and oxygen atoms in total. The van der Waals surface area contributed by atoms with Crippen molar-refractivity contribution in [3.8, 4) is 10.8 Å². The number of hydrogen-bond donors (Lipinski definition) is 1. The van der Waals surface area contributed by atoms with Gasteiger partial charge in [-0.1, -0.05) is 0 Å². The minimum Gasteiger partial charge on any atom is -0.372 e. The quantitative estimate of drug-likeness (QED) is 0.760. The smallest absolute Gasteiger partial charge is 0.275 e. The molecule has 1 amide bonds. The number of amides is 1. The van der Waals surface area contributed by atoms with E-state index in [1.165, 1.54) is 36.3 Å². The third kappa shape index (κ3) is 3.72. The number of benzene rings is 1. The summed E-state index contributed by atoms with van der Waals surface area (Å²) >= 11 is 1.36. The normalized spacial score (nSPS) is 14.2. The van der Waals surface area contributed by atoms with E-state index in [4.69, 9.17) is 0 Å². The SMILES string of the molecule is O=C(Nc1ccc(N2CCCCC2)cc1)c1csc(-c2ncccn2)n1. The molecule has 132 valence electrons. The Kier molecular flexibility index (Phi) is 4.88. The molecule has 0 bridgehead atoms. The molecule has 0 aliphatic carbocycles. The van der Waals surface area contributed by atoms with Crippen molar-refractivity contribution in [3.05, 3.63) is 53.8 Å². The number of piperidine rings is 1. The molecule has 3 heterocycles. The predicted octanol–water partition coefficient (Wildman–Crippen LogP) is 3.84. The fourth-order valence-electron chi connectivity index (χ4n) is 2.99. The zero-order chi connectivity index (χ0) is 17.8. The lowest BCUT2D eigenvalue weighted by Gasteiger charge is -2.28. The van der Waals surface area contributed by atoms with Crippen LogP contribution in [0.3, 0.4) is 0 Å². The van der Waals surface area contributed by atoms with Crippen molar-refractivity contribution < 1.29 is 4.79 Å². The van der Waals surface area contributed by atoms with Gasteiger partial charge in [0.25, 0.3) is 5.91 Å². The van der Waals surface area contributed by atoms with E-state index in [0.29, 0.717) is 16.5 Å². The molecule has 1 fully saturated rings. The van der Waals surface area contributed by atoms with Crippen molar-refractivity contribution in [2.75, 3.05) is 23.3 Å². The van der Waals surface area contributed by atoms with Crippen LogP contribution < -0.4 is 10.2 Å². The Balaban J connectivity index is 1.42. The molecule has 4 rings (SSSR count). The Bertz CT molecular complexity index is 872. The Hall–Kier alpha value is -2.80. The van der Waals surface area contributed by atoms with Gasteiger partial charge in [-0.05, 0) is 49.6 Å². The fraction of sp³-hybridized carbons (Fsp3) is 0.263. The third-order valence-electron chi connectivity index (χ3n) is 4.34. The van der Waals surface area contributed by atoms with E-state index < -0.39 is 0 Å². The Morgan fingerprint density at radius 1 is 1.04 bits per heavy atom. The zero-order valence-corrected chi connectivity index (χ0v) is 15.1. The van der Waals surface area contributed by atoms with E-state index in [0.717, 1.165) is 18.8 Å². The topological polar surface area (TPSA) is 71.0 Å². The van der Waals surface area contributed by atoms with Gasteiger partial charge in [-0.3, -0.25) is 4.79 Å². The number of carbonyl (C=O) groups is 1. The molecule has 7 heteroatoms. The van der Waals surface area contributed by atoms with Gasteiger partial charge >= 0.3 is 0 Å². The minimum absolute atomic E-state index is 0.228. The molecule has 0 unspecified atom stereocenters. The first-order chi connectivity index (χ1) is 12.8. The number of hydrogen-bond acceptors (Lipinski definition) is 6. The molecule has 1 aliphatic rings. The molecule has 1 saturated heterocycles. The van der Waals surface area contributed by atoms with E-state index in [2.05, 4.69) is 37.3 Å². The summed E-state index contributed by atoms with van der Waals surface area (Å²) in [6, 6.07) is 9.75. The molecule has 1 N–H and O–H groups in total. The lowest BCUT2D eigenvalue weighted by atomic mass is 10.1. The van der Waals surface area contributed by atoms with E-state index in [1.54, 1.807) is 23.8 Å². The van der Waals surface area contributed by atoms with Crippen molar-refractivity contribution in [2.45, 2.75) is 19.3 Å². The molecule has 26 heavy (non-hydrogen) atoms. The third-order valence-corrected chi connectivity index (χ3v) is 5.18. The molecular formula is C19H19N5OS. The summed E-state index contributed by atoms with van der Waals surface area (Å²) in [6.07, 6.45) is 7.13. The first-order valence-electron chi connectivity index (χ1n) is 8.69. The number of rotatable bonds is 4. The molecule has 1 aliphatic heterocycles. The van der Waals surface area contributed by atoms with Gasteiger partial charge < -0.3 is 10.2 Å². The first-order valence-corrected chi connectivity index (χ1v) is 9.57. The molecule has 1 aromatic carbocycles. The lowest BCUT2D eigenvalue weighted by molar-refractivity contribution is 0.102. The van der Waals surface area contributed by atoms with Crippen LogP contribution >= 0.6 is 11.3 Å². The van der Waals surface area contributed by atoms with Crippen molar-refractivity contribution in [2.24, 2.45) is 0 Å². The molecule has 0 atom stereocenters. The van der Waals surface area contributed by atoms with E-state index in [1.807, 2.05) is 12.1 Å². The fourth-order valence-corrected chi connectivity index (χ4v) is 3.74. The number of anilines is 2. The van der Waals surface area contributed by atoms with E-state index in [9.17, 15) is 4.79 Å². The lowest BCUT2D eigenvalue weighted by Crippen LogP contribution is -2.29. The predicted molar refractivity (Wildman–Crippen MR) is 104 cm³/mol. The number of aromatic nitrogens is 3. The van der Waals surface area contributed by atoms with Crippen LogP contribution in [0.25, 0.3) is 10.8 Å². The summed E-state index contributed by atoms with van der Waals surface area (Å²) in [7, 11) is 0. The van der Waals surface area contributed by atoms with Crippen molar-refractivity contribution in [1.82, 2.24) is 15.0 Å². The van der Waals surface area contributed by atoms with Crippen molar-refractivity contribution >= 4 is 28.6 Å². The highest BCUT2D eigenvalue weighted by molar-refractivity contribution is 7.13. The summed E-state index contributed by atoms with van der Waals surface area (Å²) < 4.78 is 0. The summed E-state index contributed by atoms with van der Waals surface area (Å²) in [4.78, 5) is 27.5. The highest BCUT2D eigenvalue weighted by Gasteiger charge is 2.14. The minimum atomic E-state index is -0.228. The summed E-state index contributed by atoms with van der Waals surface area (Å²) in [5.74, 6) is 0.302. The molecular weight excluding hydrogens is 346 g/mol. The van der Waals surface area contributed by atoms with Crippen molar-refractivity contribution in [1.29, 1.82) is 0 Å². The van der Waals surface area contributed by atoms with Gasteiger partial charge in [0.2, 0.25) is 0 Å². The Morgan fingerprint density at radius 2 is 1.77 bits per heavy atom. The van der Waals surface area contributed by atoms with Crippen LogP contribution in [0.4, 0.5) is 11.4 Å². The maximum atomic E-state index is 12.4. The maximum Gasteiger partial charge on any atom is 0.275 e. The Labute approximate surface area is 155 Å². The second kappa shape index (κ2) is 7.61. The van der Waals surface area contributed by atoms with Crippen LogP contribution in [0.1, 0.15) is 29.8 Å². The molecule has 3 aromatic rings. The van der Waals surface area contributed by atoms with Gasteiger partial charge in [-0.25, -0.2) is 15.0 Å². The van der Waals surface area contributed by atoms with Crippen LogP contribution in [-0.2, 0) is 0 Å². The van der Waals surface area contributed by atoms with Crippen LogP contribution in [-0.4, -0.2) is 33.9 Å². The van der Waals surface area contributed by atoms with Gasteiger partial charge in [0.1, 0.15) is 5.69 Å². The second-order valence-electron chi connectivity index (χ2n) is 6.16. The molecule has 0 spiro atoms. The largest absolute Gasteiger partial charge is 0.372 e. The number of carbonyl (C=O) groups excluding carboxylic acids is 1. The summed E-state index contributed by atoms with van der Waals surface area (Å²) in [5.41, 5.74) is 2.35. The summed E-state index contributed by atoms with van der Waals surface area (Å²) in [5, 5.41) is 5.26. The monoisotopic (exact) mass is 365 g/mol. The van der Waals surface area contributed by atoms with Crippen LogP contribution in [0.15, 0.2) is 48.1 Å². The summed E-state index contributed by atoms with van der Waals surface area (Å²) in [6.45, 7) is 2.21. The van der Waals surface area contributed by atoms with Gasteiger partial charge in [-0.2, -0.15) is 0 Å².